The zero-order valence-corrected chi connectivity index (χ0v) is 14.2. The van der Waals surface area contributed by atoms with Gasteiger partial charge in [-0.3, -0.25) is 9.05 Å². The second-order valence-electron chi connectivity index (χ2n) is 2.96. The van der Waals surface area contributed by atoms with E-state index in [0.29, 0.717) is 0 Å². The fraction of sp³-hybridized carbons (Fsp3) is 1.00. The maximum atomic E-state index is 11.8. The zero-order valence-electron chi connectivity index (χ0n) is 10.7. The molecule has 0 bridgehead atoms. The van der Waals surface area contributed by atoms with E-state index in [9.17, 15) is 18.3 Å². The molecule has 0 amide bonds. The molecular formula is C4H14O13P4. The van der Waals surface area contributed by atoms with Gasteiger partial charge >= 0.3 is 31.3 Å². The summed E-state index contributed by atoms with van der Waals surface area (Å²) < 4.78 is 64.3. The molecule has 13 nitrogen and oxygen atoms in total. The normalized spacial score (nSPS) is 19.0. The van der Waals surface area contributed by atoms with E-state index in [1.54, 1.807) is 0 Å². The van der Waals surface area contributed by atoms with Gasteiger partial charge in [-0.1, -0.05) is 0 Å². The molecule has 4 N–H and O–H groups in total. The summed E-state index contributed by atoms with van der Waals surface area (Å²) in [6, 6.07) is 0. The highest BCUT2D eigenvalue weighted by Gasteiger charge is 2.45. The topological polar surface area (TPSA) is 195 Å². The third-order valence-electron chi connectivity index (χ3n) is 1.19. The Kier molecular flexibility index (Phi) is 8.11. The highest BCUT2D eigenvalue weighted by atomic mass is 31.3. The van der Waals surface area contributed by atoms with Crippen molar-refractivity contribution >= 4 is 31.3 Å². The van der Waals surface area contributed by atoms with Gasteiger partial charge in [0.25, 0.3) is 0 Å². The van der Waals surface area contributed by atoms with Crippen molar-refractivity contribution in [2.24, 2.45) is 0 Å². The fourth-order valence-corrected chi connectivity index (χ4v) is 5.81. The summed E-state index contributed by atoms with van der Waals surface area (Å²) in [6.07, 6.45) is 0. The maximum absolute atomic E-state index is 11.8. The Labute approximate surface area is 119 Å². The van der Waals surface area contributed by atoms with E-state index in [2.05, 4.69) is 22.0 Å². The minimum atomic E-state index is -5.69. The SMILES string of the molecule is CCOP(=O)(OCC)OP(=O)(O)OP(=O)(O)OP(=O)(O)O. The molecule has 0 saturated carbocycles. The Morgan fingerprint density at radius 1 is 0.714 bits per heavy atom. The van der Waals surface area contributed by atoms with Gasteiger partial charge in [0.15, 0.2) is 0 Å². The van der Waals surface area contributed by atoms with Crippen LogP contribution in [0.5, 0.6) is 0 Å². The van der Waals surface area contributed by atoms with Gasteiger partial charge in [-0.25, -0.2) is 18.3 Å². The van der Waals surface area contributed by atoms with Crippen molar-refractivity contribution in [2.45, 2.75) is 13.8 Å². The quantitative estimate of drug-likeness (QED) is 0.390. The Balaban J connectivity index is 5.05. The summed E-state index contributed by atoms with van der Waals surface area (Å²) in [6.45, 7) is 2.14. The van der Waals surface area contributed by atoms with Crippen LogP contribution in [-0.2, 0) is 40.2 Å². The molecule has 0 aliphatic rings. The minimum Gasteiger partial charge on any atom is -0.302 e. The van der Waals surface area contributed by atoms with E-state index in [4.69, 9.17) is 19.6 Å². The molecule has 0 aromatic carbocycles. The summed E-state index contributed by atoms with van der Waals surface area (Å²) in [7, 11) is -21.4. The van der Waals surface area contributed by atoms with Crippen LogP contribution in [0.25, 0.3) is 0 Å². The second-order valence-corrected chi connectivity index (χ2v) is 9.18. The van der Waals surface area contributed by atoms with Gasteiger partial charge in [-0.15, -0.1) is 0 Å². The molecule has 0 saturated heterocycles. The van der Waals surface area contributed by atoms with Crippen molar-refractivity contribution in [3.05, 3.63) is 0 Å². The first kappa shape index (κ1) is 21.6. The second kappa shape index (κ2) is 7.90. The summed E-state index contributed by atoms with van der Waals surface area (Å²) in [5, 5.41) is 0. The average Bonchev–Trinajstić information content (AvgIpc) is 2.08. The molecule has 0 aliphatic heterocycles. The van der Waals surface area contributed by atoms with E-state index in [-0.39, 0.29) is 13.2 Å². The van der Waals surface area contributed by atoms with Crippen LogP contribution in [0.15, 0.2) is 0 Å². The number of phosphoric ester groups is 1. The Morgan fingerprint density at radius 3 is 1.43 bits per heavy atom. The monoisotopic (exact) mass is 394 g/mol. The molecule has 0 aliphatic carbocycles. The lowest BCUT2D eigenvalue weighted by atomic mass is 10.9. The summed E-state index contributed by atoms with van der Waals surface area (Å²) in [4.78, 5) is 34.7. The molecule has 0 rings (SSSR count). The number of hydrogen-bond donors (Lipinski definition) is 4. The fourth-order valence-electron chi connectivity index (χ4n) is 0.822. The Bertz CT molecular complexity index is 510. The molecule has 21 heavy (non-hydrogen) atoms. The number of hydrogen-bond acceptors (Lipinski definition) is 9. The largest absolute Gasteiger partial charge is 0.490 e. The van der Waals surface area contributed by atoms with E-state index in [0.717, 1.165) is 0 Å². The van der Waals surface area contributed by atoms with Crippen LogP contribution in [0.3, 0.4) is 0 Å². The number of rotatable bonds is 10. The van der Waals surface area contributed by atoms with E-state index < -0.39 is 31.3 Å². The van der Waals surface area contributed by atoms with Crippen molar-refractivity contribution in [2.75, 3.05) is 13.2 Å². The van der Waals surface area contributed by atoms with Crippen LogP contribution in [-0.4, -0.2) is 32.8 Å². The lowest BCUT2D eigenvalue weighted by Gasteiger charge is -2.20. The van der Waals surface area contributed by atoms with Crippen molar-refractivity contribution < 1.29 is 59.8 Å². The molecule has 0 aromatic heterocycles. The molecule has 17 heteroatoms. The molecule has 0 spiro atoms. The van der Waals surface area contributed by atoms with Gasteiger partial charge < -0.3 is 19.6 Å². The van der Waals surface area contributed by atoms with Crippen molar-refractivity contribution in [1.82, 2.24) is 0 Å². The van der Waals surface area contributed by atoms with Gasteiger partial charge in [0.1, 0.15) is 0 Å². The Morgan fingerprint density at radius 2 is 1.10 bits per heavy atom. The van der Waals surface area contributed by atoms with Gasteiger partial charge in [0.05, 0.1) is 13.2 Å². The van der Waals surface area contributed by atoms with Crippen LogP contribution >= 0.6 is 31.3 Å². The first-order valence-corrected chi connectivity index (χ1v) is 11.0. The lowest BCUT2D eigenvalue weighted by Crippen LogP contribution is -2.01. The molecule has 0 heterocycles. The molecule has 0 radical (unpaired) electrons. The van der Waals surface area contributed by atoms with Crippen molar-refractivity contribution in [1.29, 1.82) is 0 Å². The maximum Gasteiger partial charge on any atom is 0.490 e. The molecule has 128 valence electrons. The average molecular weight is 394 g/mol. The standard InChI is InChI=1S/C4H14O13P4/c1-3-13-21(12,14-4-2)17-20(10,11)16-19(8,9)15-18(5,6)7/h3-4H2,1-2H3,(H,8,9)(H,10,11)(H2,5,6,7). The molecule has 0 fully saturated rings. The van der Waals surface area contributed by atoms with E-state index in [1.165, 1.54) is 13.8 Å². The minimum absolute atomic E-state index is 0.271. The van der Waals surface area contributed by atoms with Crippen LogP contribution in [0.4, 0.5) is 0 Å². The third-order valence-corrected chi connectivity index (χ3v) is 7.30. The van der Waals surface area contributed by atoms with E-state index >= 15 is 0 Å². The molecule has 2 unspecified atom stereocenters. The first-order chi connectivity index (χ1) is 9.24. The highest BCUT2D eigenvalue weighted by Crippen LogP contribution is 2.71. The molecule has 0 aromatic rings. The zero-order chi connectivity index (χ0) is 16.9. The Hall–Kier alpha value is 0.560. The highest BCUT2D eigenvalue weighted by molar-refractivity contribution is 7.69. The summed E-state index contributed by atoms with van der Waals surface area (Å²) >= 11 is 0. The lowest BCUT2D eigenvalue weighted by molar-refractivity contribution is 0.146. The van der Waals surface area contributed by atoms with Crippen LogP contribution < -0.4 is 0 Å². The smallest absolute Gasteiger partial charge is 0.302 e. The van der Waals surface area contributed by atoms with E-state index in [1.807, 2.05) is 0 Å². The van der Waals surface area contributed by atoms with Crippen molar-refractivity contribution in [3.63, 3.8) is 0 Å². The van der Waals surface area contributed by atoms with Gasteiger partial charge in [-0.05, 0) is 13.8 Å². The van der Waals surface area contributed by atoms with Gasteiger partial charge in [0.2, 0.25) is 0 Å². The first-order valence-electron chi connectivity index (χ1n) is 4.98. The van der Waals surface area contributed by atoms with Crippen LogP contribution in [0.2, 0.25) is 0 Å². The third kappa shape index (κ3) is 10.0. The van der Waals surface area contributed by atoms with Gasteiger partial charge in [0, 0.05) is 0 Å². The summed E-state index contributed by atoms with van der Waals surface area (Å²) in [5.41, 5.74) is 0. The van der Waals surface area contributed by atoms with Crippen molar-refractivity contribution in [3.8, 4) is 0 Å². The molecular weight excluding hydrogens is 380 g/mol. The predicted molar refractivity (Wildman–Crippen MR) is 65.8 cm³/mol. The van der Waals surface area contributed by atoms with Crippen LogP contribution in [0.1, 0.15) is 13.8 Å². The van der Waals surface area contributed by atoms with Gasteiger partial charge in [-0.2, -0.15) is 12.9 Å². The van der Waals surface area contributed by atoms with Crippen LogP contribution in [0, 0.1) is 0 Å². The molecule has 2 atom stereocenters. The predicted octanol–water partition coefficient (Wildman–Crippen LogP) is 1.51. The summed E-state index contributed by atoms with van der Waals surface area (Å²) in [5.74, 6) is 0. The number of phosphoric acid groups is 4.